The average Bonchev–Trinajstić information content (AvgIpc) is 3.08. The Hall–Kier alpha value is -2.41. The second-order valence-electron chi connectivity index (χ2n) is 7.10. The fourth-order valence-electron chi connectivity index (χ4n) is 3.84. The lowest BCUT2D eigenvalue weighted by Crippen LogP contribution is -2.42. The zero-order chi connectivity index (χ0) is 17.9. The van der Waals surface area contributed by atoms with E-state index in [0.717, 1.165) is 37.1 Å². The van der Waals surface area contributed by atoms with Crippen molar-refractivity contribution in [3.8, 4) is 0 Å². The third kappa shape index (κ3) is 3.72. The van der Waals surface area contributed by atoms with Crippen LogP contribution in [0.1, 0.15) is 48.7 Å². The Morgan fingerprint density at radius 2 is 2.23 bits per heavy atom. The minimum atomic E-state index is -0.182. The predicted octanol–water partition coefficient (Wildman–Crippen LogP) is 2.74. The van der Waals surface area contributed by atoms with Crippen molar-refractivity contribution in [3.63, 3.8) is 0 Å². The Bertz CT molecular complexity index is 788. The highest BCUT2D eigenvalue weighted by Crippen LogP contribution is 2.27. The molecule has 0 spiro atoms. The monoisotopic (exact) mass is 355 g/mol. The van der Waals surface area contributed by atoms with E-state index in [-0.39, 0.29) is 18.2 Å². The smallest absolute Gasteiger partial charge is 0.319 e. The molecule has 4 rings (SSSR count). The lowest BCUT2D eigenvalue weighted by Gasteiger charge is -2.30. The van der Waals surface area contributed by atoms with E-state index in [1.165, 1.54) is 24.1 Å². The molecule has 2 N–H and O–H groups in total. The third-order valence-corrected chi connectivity index (χ3v) is 5.24. The Morgan fingerprint density at radius 1 is 1.35 bits per heavy atom. The molecule has 2 atom stereocenters. The molecule has 1 aliphatic carbocycles. The largest absolute Gasteiger partial charge is 0.372 e. The number of aromatic nitrogens is 3. The Labute approximate surface area is 153 Å². The first kappa shape index (κ1) is 17.0. The van der Waals surface area contributed by atoms with E-state index >= 15 is 0 Å². The Balaban J connectivity index is 1.35. The number of hydrogen-bond donors (Lipinski definition) is 2. The van der Waals surface area contributed by atoms with Crippen molar-refractivity contribution in [1.29, 1.82) is 0 Å². The van der Waals surface area contributed by atoms with Crippen LogP contribution in [0.2, 0.25) is 0 Å². The first-order valence-corrected chi connectivity index (χ1v) is 9.34. The van der Waals surface area contributed by atoms with Crippen molar-refractivity contribution < 1.29 is 9.53 Å². The summed E-state index contributed by atoms with van der Waals surface area (Å²) in [6, 6.07) is 3.92. The molecule has 0 unspecified atom stereocenters. The van der Waals surface area contributed by atoms with Crippen LogP contribution >= 0.6 is 0 Å². The molecule has 1 saturated heterocycles. The molecule has 7 nitrogen and oxygen atoms in total. The molecule has 138 valence electrons. The van der Waals surface area contributed by atoms with E-state index in [2.05, 4.69) is 26.8 Å². The molecule has 2 aromatic heterocycles. The second kappa shape index (κ2) is 7.45. The lowest BCUT2D eigenvalue weighted by atomic mass is 9.96. The van der Waals surface area contributed by atoms with Gasteiger partial charge in [-0.25, -0.2) is 4.79 Å². The maximum atomic E-state index is 12.4. The zero-order valence-electron chi connectivity index (χ0n) is 15.1. The standard InChI is InChI=1S/C19H25N5O2/c1-24-17(6-8-21-24)18-11-14(7-9-26-18)22-19(25)23-15-10-13-4-2-3-5-16(13)20-12-15/h6,8,10,12,14,18H,2-5,7,9,11H2,1H3,(H2,22,23,25)/t14-,18-/m1/s1. The van der Waals surface area contributed by atoms with Crippen molar-refractivity contribution in [2.24, 2.45) is 7.05 Å². The molecule has 1 fully saturated rings. The van der Waals surface area contributed by atoms with E-state index in [4.69, 9.17) is 4.74 Å². The van der Waals surface area contributed by atoms with E-state index < -0.39 is 0 Å². The first-order valence-electron chi connectivity index (χ1n) is 9.34. The van der Waals surface area contributed by atoms with Crippen molar-refractivity contribution in [2.75, 3.05) is 11.9 Å². The van der Waals surface area contributed by atoms with Crippen LogP contribution in [0.25, 0.3) is 0 Å². The van der Waals surface area contributed by atoms with Crippen LogP contribution < -0.4 is 10.6 Å². The summed E-state index contributed by atoms with van der Waals surface area (Å²) >= 11 is 0. The van der Waals surface area contributed by atoms with Crippen LogP contribution in [-0.4, -0.2) is 33.4 Å². The minimum Gasteiger partial charge on any atom is -0.372 e. The molecular weight excluding hydrogens is 330 g/mol. The molecule has 0 bridgehead atoms. The Kier molecular flexibility index (Phi) is 4.88. The van der Waals surface area contributed by atoms with Crippen LogP contribution in [0.5, 0.6) is 0 Å². The van der Waals surface area contributed by atoms with Gasteiger partial charge < -0.3 is 15.4 Å². The summed E-state index contributed by atoms with van der Waals surface area (Å²) in [6.07, 6.45) is 9.53. The number of hydrogen-bond acceptors (Lipinski definition) is 4. The van der Waals surface area contributed by atoms with Crippen LogP contribution in [0.15, 0.2) is 24.5 Å². The SMILES string of the molecule is Cn1nccc1[C@H]1C[C@H](NC(=O)Nc2cnc3c(c2)CCCC3)CCO1. The van der Waals surface area contributed by atoms with Crippen molar-refractivity contribution in [3.05, 3.63) is 41.5 Å². The summed E-state index contributed by atoms with van der Waals surface area (Å²) in [6.45, 7) is 0.626. The molecule has 26 heavy (non-hydrogen) atoms. The summed E-state index contributed by atoms with van der Waals surface area (Å²) in [5, 5.41) is 10.2. The number of amides is 2. The van der Waals surface area contributed by atoms with E-state index in [1.54, 1.807) is 12.4 Å². The molecule has 7 heteroatoms. The van der Waals surface area contributed by atoms with Gasteiger partial charge in [0.1, 0.15) is 6.10 Å². The highest BCUT2D eigenvalue weighted by atomic mass is 16.5. The lowest BCUT2D eigenvalue weighted by molar-refractivity contribution is -0.00204. The summed E-state index contributed by atoms with van der Waals surface area (Å²) in [7, 11) is 1.91. The number of carbonyl (C=O) groups is 1. The minimum absolute atomic E-state index is 0.0352. The fraction of sp³-hybridized carbons (Fsp3) is 0.526. The number of carbonyl (C=O) groups excluding carboxylic acids is 1. The highest BCUT2D eigenvalue weighted by Gasteiger charge is 2.27. The topological polar surface area (TPSA) is 81.1 Å². The van der Waals surface area contributed by atoms with Gasteiger partial charge in [-0.2, -0.15) is 5.10 Å². The number of nitrogens with one attached hydrogen (secondary N) is 2. The van der Waals surface area contributed by atoms with Gasteiger partial charge in [0.15, 0.2) is 0 Å². The van der Waals surface area contributed by atoms with Gasteiger partial charge in [-0.3, -0.25) is 9.67 Å². The van der Waals surface area contributed by atoms with Gasteiger partial charge >= 0.3 is 6.03 Å². The number of pyridine rings is 1. The molecule has 0 aromatic carbocycles. The number of fused-ring (bicyclic) bond motifs is 1. The molecular formula is C19H25N5O2. The van der Waals surface area contributed by atoms with Crippen LogP contribution in [0, 0.1) is 0 Å². The molecule has 1 aliphatic heterocycles. The normalized spacial score (nSPS) is 22.5. The van der Waals surface area contributed by atoms with Crippen LogP contribution in [0.3, 0.4) is 0 Å². The number of anilines is 1. The van der Waals surface area contributed by atoms with Crippen LogP contribution in [-0.2, 0) is 24.6 Å². The van der Waals surface area contributed by atoms with Gasteiger partial charge in [0.05, 0.1) is 17.6 Å². The molecule has 2 amide bonds. The van der Waals surface area contributed by atoms with E-state index in [9.17, 15) is 4.79 Å². The average molecular weight is 355 g/mol. The van der Waals surface area contributed by atoms with Gasteiger partial charge in [-0.15, -0.1) is 0 Å². The first-order chi connectivity index (χ1) is 12.7. The van der Waals surface area contributed by atoms with Gasteiger partial charge in [-0.05, 0) is 56.2 Å². The summed E-state index contributed by atoms with van der Waals surface area (Å²) < 4.78 is 7.68. The van der Waals surface area contributed by atoms with Crippen molar-refractivity contribution in [1.82, 2.24) is 20.1 Å². The number of rotatable bonds is 3. The maximum Gasteiger partial charge on any atom is 0.319 e. The molecule has 0 saturated carbocycles. The zero-order valence-corrected chi connectivity index (χ0v) is 15.1. The predicted molar refractivity (Wildman–Crippen MR) is 98.0 cm³/mol. The van der Waals surface area contributed by atoms with E-state index in [0.29, 0.717) is 6.61 Å². The van der Waals surface area contributed by atoms with Gasteiger partial charge in [0.25, 0.3) is 0 Å². The number of nitrogens with zero attached hydrogens (tertiary/aromatic N) is 3. The van der Waals surface area contributed by atoms with Crippen molar-refractivity contribution >= 4 is 11.7 Å². The number of aryl methyl sites for hydroxylation is 3. The number of ether oxygens (including phenoxy) is 1. The third-order valence-electron chi connectivity index (χ3n) is 5.24. The summed E-state index contributed by atoms with van der Waals surface area (Å²) in [5.74, 6) is 0. The van der Waals surface area contributed by atoms with Gasteiger partial charge in [0.2, 0.25) is 0 Å². The molecule has 2 aliphatic rings. The quantitative estimate of drug-likeness (QED) is 0.887. The molecule has 3 heterocycles. The second-order valence-corrected chi connectivity index (χ2v) is 7.10. The molecule has 0 radical (unpaired) electrons. The fourth-order valence-corrected chi connectivity index (χ4v) is 3.84. The summed E-state index contributed by atoms with van der Waals surface area (Å²) in [4.78, 5) is 16.9. The van der Waals surface area contributed by atoms with E-state index in [1.807, 2.05) is 17.8 Å². The Morgan fingerprint density at radius 3 is 3.08 bits per heavy atom. The van der Waals surface area contributed by atoms with Crippen molar-refractivity contribution in [2.45, 2.75) is 50.7 Å². The van der Waals surface area contributed by atoms with Crippen LogP contribution in [0.4, 0.5) is 10.5 Å². The summed E-state index contributed by atoms with van der Waals surface area (Å²) in [5.41, 5.74) is 4.23. The molecule has 2 aromatic rings. The van der Waals surface area contributed by atoms with Gasteiger partial charge in [0, 0.05) is 31.6 Å². The maximum absolute atomic E-state index is 12.4. The number of urea groups is 1. The van der Waals surface area contributed by atoms with Gasteiger partial charge in [-0.1, -0.05) is 0 Å². The highest BCUT2D eigenvalue weighted by molar-refractivity contribution is 5.89.